The van der Waals surface area contributed by atoms with E-state index >= 15 is 0 Å². The molecule has 0 aliphatic carbocycles. The van der Waals surface area contributed by atoms with E-state index in [1.165, 1.54) is 13.2 Å². The minimum absolute atomic E-state index is 0.0118. The summed E-state index contributed by atoms with van der Waals surface area (Å²) >= 11 is 0. The fraction of sp³-hybridized carbons (Fsp3) is 0.562. The van der Waals surface area contributed by atoms with Crippen molar-refractivity contribution in [2.45, 2.75) is 45.1 Å². The molecule has 1 amide bonds. The van der Waals surface area contributed by atoms with Crippen LogP contribution >= 0.6 is 0 Å². The number of methoxy groups -OCH3 is 1. The highest BCUT2D eigenvalue weighted by Gasteiger charge is 2.34. The van der Waals surface area contributed by atoms with Gasteiger partial charge in [-0.2, -0.15) is 13.2 Å². The van der Waals surface area contributed by atoms with Crippen molar-refractivity contribution in [3.05, 3.63) is 29.3 Å². The van der Waals surface area contributed by atoms with Gasteiger partial charge in [0.15, 0.2) is 0 Å². The van der Waals surface area contributed by atoms with Gasteiger partial charge in [-0.15, -0.1) is 0 Å². The summed E-state index contributed by atoms with van der Waals surface area (Å²) in [6, 6.07) is 3.00. The van der Waals surface area contributed by atoms with Crippen LogP contribution in [0.2, 0.25) is 0 Å². The van der Waals surface area contributed by atoms with Gasteiger partial charge in [0.25, 0.3) is 0 Å². The molecular formula is C16H23F3N2O3. The van der Waals surface area contributed by atoms with Gasteiger partial charge in [-0.25, -0.2) is 4.79 Å². The van der Waals surface area contributed by atoms with E-state index in [1.54, 1.807) is 27.7 Å². The zero-order valence-corrected chi connectivity index (χ0v) is 14.4. The molecule has 0 spiro atoms. The van der Waals surface area contributed by atoms with E-state index < -0.39 is 29.0 Å². The molecular weight excluding hydrogens is 325 g/mol. The summed E-state index contributed by atoms with van der Waals surface area (Å²) in [6.45, 7) is 6.59. The second-order valence-electron chi connectivity index (χ2n) is 6.52. The third-order valence-electron chi connectivity index (χ3n) is 3.39. The molecule has 0 aliphatic rings. The first kappa shape index (κ1) is 20.2. The van der Waals surface area contributed by atoms with Crippen molar-refractivity contribution in [1.29, 1.82) is 0 Å². The Morgan fingerprint density at radius 2 is 1.79 bits per heavy atom. The highest BCUT2D eigenvalue weighted by Crippen LogP contribution is 2.36. The Balaban J connectivity index is 3.33. The van der Waals surface area contributed by atoms with Gasteiger partial charge in [-0.3, -0.25) is 5.32 Å². The van der Waals surface area contributed by atoms with E-state index in [-0.39, 0.29) is 12.2 Å². The molecule has 1 aromatic carbocycles. The summed E-state index contributed by atoms with van der Waals surface area (Å²) in [6.07, 6.45) is -5.41. The minimum atomic E-state index is -4.55. The number of rotatable bonds is 4. The lowest BCUT2D eigenvalue weighted by atomic mass is 9.92. The van der Waals surface area contributed by atoms with Gasteiger partial charge in [0.05, 0.1) is 11.3 Å². The second kappa shape index (κ2) is 6.98. The predicted molar refractivity (Wildman–Crippen MR) is 84.7 cm³/mol. The predicted octanol–water partition coefficient (Wildman–Crippen LogP) is 3.87. The lowest BCUT2D eigenvalue weighted by Gasteiger charge is -2.30. The van der Waals surface area contributed by atoms with E-state index in [9.17, 15) is 18.0 Å². The molecule has 1 unspecified atom stereocenters. The molecule has 0 saturated carbocycles. The topological polar surface area (TPSA) is 73.6 Å². The molecule has 1 aromatic rings. The van der Waals surface area contributed by atoms with Crippen LogP contribution in [0.25, 0.3) is 0 Å². The van der Waals surface area contributed by atoms with Gasteiger partial charge in [0.2, 0.25) is 0 Å². The van der Waals surface area contributed by atoms with Crippen LogP contribution in [0.4, 0.5) is 23.7 Å². The van der Waals surface area contributed by atoms with Crippen molar-refractivity contribution in [2.24, 2.45) is 5.73 Å². The van der Waals surface area contributed by atoms with E-state index in [1.807, 2.05) is 0 Å². The largest absolute Gasteiger partial charge is 0.444 e. The van der Waals surface area contributed by atoms with Crippen LogP contribution in [0.5, 0.6) is 0 Å². The van der Waals surface area contributed by atoms with Gasteiger partial charge in [-0.05, 0) is 39.8 Å². The highest BCUT2D eigenvalue weighted by molar-refractivity contribution is 5.86. The van der Waals surface area contributed by atoms with Crippen LogP contribution < -0.4 is 11.1 Å². The lowest BCUT2D eigenvalue weighted by Crippen LogP contribution is -2.35. The molecule has 0 heterocycles. The Labute approximate surface area is 139 Å². The highest BCUT2D eigenvalue weighted by atomic mass is 19.4. The lowest BCUT2D eigenvalue weighted by molar-refractivity contribution is -0.137. The van der Waals surface area contributed by atoms with E-state index in [0.29, 0.717) is 5.56 Å². The molecule has 136 valence electrons. The number of carbonyl (C=O) groups excluding carboxylic acids is 1. The molecule has 3 N–H and O–H groups in total. The fourth-order valence-electron chi connectivity index (χ4n) is 2.00. The van der Waals surface area contributed by atoms with E-state index in [2.05, 4.69) is 5.32 Å². The van der Waals surface area contributed by atoms with Crippen LogP contribution in [0.1, 0.15) is 38.8 Å². The maximum absolute atomic E-state index is 13.0. The Morgan fingerprint density at radius 3 is 2.21 bits per heavy atom. The summed E-state index contributed by atoms with van der Waals surface area (Å²) < 4.78 is 49.3. The SMILES string of the molecule is COC(C)(CN)c1ccc(C(F)(F)F)cc1NC(=O)OC(C)(C)C. The van der Waals surface area contributed by atoms with Gasteiger partial charge >= 0.3 is 12.3 Å². The molecule has 0 saturated heterocycles. The summed E-state index contributed by atoms with van der Waals surface area (Å²) in [5.74, 6) is 0. The van der Waals surface area contributed by atoms with Crippen molar-refractivity contribution in [3.63, 3.8) is 0 Å². The fourth-order valence-corrected chi connectivity index (χ4v) is 2.00. The number of hydrogen-bond acceptors (Lipinski definition) is 4. The number of benzene rings is 1. The first-order chi connectivity index (χ1) is 10.8. The normalized spacial score (nSPS) is 14.9. The number of anilines is 1. The van der Waals surface area contributed by atoms with Crippen molar-refractivity contribution in [1.82, 2.24) is 0 Å². The van der Waals surface area contributed by atoms with Gasteiger partial charge in [-0.1, -0.05) is 6.07 Å². The molecule has 5 nitrogen and oxygen atoms in total. The minimum Gasteiger partial charge on any atom is -0.444 e. The number of nitrogens with two attached hydrogens (primary N) is 1. The van der Waals surface area contributed by atoms with Crippen molar-refractivity contribution in [3.8, 4) is 0 Å². The summed E-state index contributed by atoms with van der Waals surface area (Å²) in [5, 5.41) is 2.36. The standard InChI is InChI=1S/C16H23F3N2O3/c1-14(2,3)24-13(22)21-12-8-10(16(17,18)19)6-7-11(12)15(4,9-20)23-5/h6-8H,9,20H2,1-5H3,(H,21,22). The number of halogens is 3. The van der Waals surface area contributed by atoms with Crippen LogP contribution in [-0.4, -0.2) is 25.3 Å². The Bertz CT molecular complexity index is 591. The van der Waals surface area contributed by atoms with Crippen LogP contribution in [0.15, 0.2) is 18.2 Å². The van der Waals surface area contributed by atoms with Crippen LogP contribution in [0.3, 0.4) is 0 Å². The molecule has 24 heavy (non-hydrogen) atoms. The average Bonchev–Trinajstić information content (AvgIpc) is 2.43. The molecule has 0 aliphatic heterocycles. The van der Waals surface area contributed by atoms with Crippen molar-refractivity contribution >= 4 is 11.8 Å². The third kappa shape index (κ3) is 5.10. The quantitative estimate of drug-likeness (QED) is 0.866. The zero-order valence-electron chi connectivity index (χ0n) is 14.4. The number of alkyl halides is 3. The first-order valence-electron chi connectivity index (χ1n) is 7.29. The van der Waals surface area contributed by atoms with Gasteiger partial charge < -0.3 is 15.2 Å². The van der Waals surface area contributed by atoms with Gasteiger partial charge in [0, 0.05) is 19.2 Å². The summed E-state index contributed by atoms with van der Waals surface area (Å²) in [7, 11) is 1.39. The smallest absolute Gasteiger partial charge is 0.416 e. The van der Waals surface area contributed by atoms with Crippen LogP contribution in [0, 0.1) is 0 Å². The van der Waals surface area contributed by atoms with Crippen LogP contribution in [-0.2, 0) is 21.3 Å². The zero-order chi connectivity index (χ0) is 18.8. The molecule has 0 aromatic heterocycles. The van der Waals surface area contributed by atoms with Crippen molar-refractivity contribution < 1.29 is 27.4 Å². The molecule has 0 fully saturated rings. The third-order valence-corrected chi connectivity index (χ3v) is 3.39. The number of carbonyl (C=O) groups is 1. The number of hydrogen-bond donors (Lipinski definition) is 2. The summed E-state index contributed by atoms with van der Waals surface area (Å²) in [4.78, 5) is 12.0. The maximum atomic E-state index is 13.0. The Hall–Kier alpha value is -1.80. The number of ether oxygens (including phenoxy) is 2. The van der Waals surface area contributed by atoms with Crippen molar-refractivity contribution in [2.75, 3.05) is 19.0 Å². The molecule has 0 radical (unpaired) electrons. The number of amides is 1. The van der Waals surface area contributed by atoms with E-state index in [0.717, 1.165) is 12.1 Å². The molecule has 1 atom stereocenters. The Kier molecular flexibility index (Phi) is 5.89. The summed E-state index contributed by atoms with van der Waals surface area (Å²) in [5.41, 5.74) is 3.20. The maximum Gasteiger partial charge on any atom is 0.416 e. The van der Waals surface area contributed by atoms with E-state index in [4.69, 9.17) is 15.2 Å². The average molecular weight is 348 g/mol. The monoisotopic (exact) mass is 348 g/mol. The number of nitrogens with one attached hydrogen (secondary N) is 1. The molecule has 1 rings (SSSR count). The molecule has 0 bridgehead atoms. The second-order valence-corrected chi connectivity index (χ2v) is 6.52. The van der Waals surface area contributed by atoms with Gasteiger partial charge in [0.1, 0.15) is 11.2 Å². The Morgan fingerprint density at radius 1 is 1.21 bits per heavy atom. The first-order valence-corrected chi connectivity index (χ1v) is 7.29. The molecule has 8 heteroatoms.